The van der Waals surface area contributed by atoms with Crippen LogP contribution in [0.4, 0.5) is 0 Å². The van der Waals surface area contributed by atoms with E-state index < -0.39 is 0 Å². The number of nitrogens with zero attached hydrogens (tertiary/aromatic N) is 1. The van der Waals surface area contributed by atoms with Gasteiger partial charge in [0.15, 0.2) is 0 Å². The van der Waals surface area contributed by atoms with Gasteiger partial charge in [0.2, 0.25) is 5.91 Å². The molecule has 1 amide bonds. The van der Waals surface area contributed by atoms with Crippen LogP contribution in [0.25, 0.3) is 0 Å². The lowest BCUT2D eigenvalue weighted by Crippen LogP contribution is -2.35. The third-order valence-corrected chi connectivity index (χ3v) is 2.22. The molecule has 0 aromatic carbocycles. The van der Waals surface area contributed by atoms with Crippen molar-refractivity contribution in [1.29, 1.82) is 0 Å². The van der Waals surface area contributed by atoms with Crippen LogP contribution in [0.15, 0.2) is 18.3 Å². The normalized spacial score (nSPS) is 10.2. The van der Waals surface area contributed by atoms with Gasteiger partial charge >= 0.3 is 0 Å². The van der Waals surface area contributed by atoms with Crippen molar-refractivity contribution >= 4 is 5.91 Å². The fourth-order valence-electron chi connectivity index (χ4n) is 1.28. The van der Waals surface area contributed by atoms with E-state index in [2.05, 4.69) is 15.6 Å². The Balaban J connectivity index is 2.14. The molecule has 1 aromatic heterocycles. The largest absolute Gasteiger partial charge is 0.383 e. The minimum atomic E-state index is -0.0258. The maximum Gasteiger partial charge on any atom is 0.234 e. The van der Waals surface area contributed by atoms with Gasteiger partial charge in [-0.05, 0) is 18.6 Å². The standard InChI is InChI=1S/C12H19N3O2/c1-10-3-4-11(8-15-10)7-13-9-12(16)14-5-6-17-2/h3-4,8,13H,5-7,9H2,1-2H3,(H,14,16). The van der Waals surface area contributed by atoms with Gasteiger partial charge in [-0.1, -0.05) is 6.07 Å². The molecule has 0 saturated heterocycles. The maximum atomic E-state index is 11.3. The van der Waals surface area contributed by atoms with E-state index in [1.165, 1.54) is 0 Å². The summed E-state index contributed by atoms with van der Waals surface area (Å²) >= 11 is 0. The summed E-state index contributed by atoms with van der Waals surface area (Å²) in [4.78, 5) is 15.5. The predicted molar refractivity (Wildman–Crippen MR) is 65.6 cm³/mol. The van der Waals surface area contributed by atoms with Gasteiger partial charge in [-0.3, -0.25) is 9.78 Å². The molecule has 0 aliphatic heterocycles. The number of nitrogens with one attached hydrogen (secondary N) is 2. The fourth-order valence-corrected chi connectivity index (χ4v) is 1.28. The van der Waals surface area contributed by atoms with Gasteiger partial charge in [0, 0.05) is 32.1 Å². The monoisotopic (exact) mass is 237 g/mol. The van der Waals surface area contributed by atoms with E-state index in [0.717, 1.165) is 11.3 Å². The van der Waals surface area contributed by atoms with Crippen molar-refractivity contribution < 1.29 is 9.53 Å². The van der Waals surface area contributed by atoms with Gasteiger partial charge in [-0.2, -0.15) is 0 Å². The number of carbonyl (C=O) groups is 1. The highest BCUT2D eigenvalue weighted by molar-refractivity contribution is 5.77. The Morgan fingerprint density at radius 3 is 2.94 bits per heavy atom. The van der Waals surface area contributed by atoms with Crippen molar-refractivity contribution in [3.05, 3.63) is 29.6 Å². The van der Waals surface area contributed by atoms with Crippen LogP contribution in [0.5, 0.6) is 0 Å². The Labute approximate surface area is 102 Å². The summed E-state index contributed by atoms with van der Waals surface area (Å²) in [5, 5.41) is 5.79. The number of rotatable bonds is 7. The number of aryl methyl sites for hydroxylation is 1. The molecule has 2 N–H and O–H groups in total. The summed E-state index contributed by atoms with van der Waals surface area (Å²) in [6.45, 7) is 3.97. The van der Waals surface area contributed by atoms with Crippen LogP contribution < -0.4 is 10.6 Å². The number of ether oxygens (including phenoxy) is 1. The smallest absolute Gasteiger partial charge is 0.234 e. The number of methoxy groups -OCH3 is 1. The number of carbonyl (C=O) groups excluding carboxylic acids is 1. The summed E-state index contributed by atoms with van der Waals surface area (Å²) in [6.07, 6.45) is 1.81. The first-order valence-corrected chi connectivity index (χ1v) is 5.60. The molecule has 5 nitrogen and oxygen atoms in total. The zero-order chi connectivity index (χ0) is 12.5. The molecule has 94 valence electrons. The first kappa shape index (κ1) is 13.6. The van der Waals surface area contributed by atoms with Crippen LogP contribution in [-0.2, 0) is 16.1 Å². The SMILES string of the molecule is COCCNC(=O)CNCc1ccc(C)nc1. The van der Waals surface area contributed by atoms with Gasteiger partial charge in [0.05, 0.1) is 13.2 Å². The van der Waals surface area contributed by atoms with Gasteiger partial charge < -0.3 is 15.4 Å². The molecule has 5 heteroatoms. The molecule has 1 aromatic rings. The first-order chi connectivity index (χ1) is 8.22. The Bertz CT molecular complexity index is 338. The van der Waals surface area contributed by atoms with E-state index in [1.807, 2.05) is 25.3 Å². The second kappa shape index (κ2) is 7.76. The molecule has 0 saturated carbocycles. The third-order valence-electron chi connectivity index (χ3n) is 2.22. The summed E-state index contributed by atoms with van der Waals surface area (Å²) in [5.74, 6) is -0.0258. The Kier molecular flexibility index (Phi) is 6.21. The highest BCUT2D eigenvalue weighted by atomic mass is 16.5. The molecular formula is C12H19N3O2. The summed E-state index contributed by atoms with van der Waals surface area (Å²) in [6, 6.07) is 3.95. The topological polar surface area (TPSA) is 63.2 Å². The number of pyridine rings is 1. The van der Waals surface area contributed by atoms with E-state index in [0.29, 0.717) is 26.2 Å². The Hall–Kier alpha value is -1.46. The molecule has 0 aliphatic carbocycles. The quantitative estimate of drug-likeness (QED) is 0.667. The molecule has 0 aliphatic rings. The lowest BCUT2D eigenvalue weighted by Gasteiger charge is -2.06. The van der Waals surface area contributed by atoms with Crippen molar-refractivity contribution in [2.75, 3.05) is 26.8 Å². The van der Waals surface area contributed by atoms with Gasteiger partial charge in [0.1, 0.15) is 0 Å². The minimum absolute atomic E-state index is 0.0258. The zero-order valence-electron chi connectivity index (χ0n) is 10.3. The van der Waals surface area contributed by atoms with Crippen molar-refractivity contribution in [1.82, 2.24) is 15.6 Å². The molecule has 0 radical (unpaired) electrons. The van der Waals surface area contributed by atoms with Crippen LogP contribution in [0.2, 0.25) is 0 Å². The van der Waals surface area contributed by atoms with Crippen molar-refractivity contribution in [2.45, 2.75) is 13.5 Å². The summed E-state index contributed by atoms with van der Waals surface area (Å²) < 4.78 is 4.83. The highest BCUT2D eigenvalue weighted by Crippen LogP contribution is 1.97. The second-order valence-electron chi connectivity index (χ2n) is 3.75. The van der Waals surface area contributed by atoms with Crippen molar-refractivity contribution in [3.63, 3.8) is 0 Å². The van der Waals surface area contributed by atoms with Crippen molar-refractivity contribution in [3.8, 4) is 0 Å². The number of aromatic nitrogens is 1. The fraction of sp³-hybridized carbons (Fsp3) is 0.500. The summed E-state index contributed by atoms with van der Waals surface area (Å²) in [7, 11) is 1.61. The minimum Gasteiger partial charge on any atom is -0.383 e. The van der Waals surface area contributed by atoms with Crippen LogP contribution in [0.3, 0.4) is 0 Å². The Morgan fingerprint density at radius 1 is 1.47 bits per heavy atom. The molecule has 0 spiro atoms. The van der Waals surface area contributed by atoms with E-state index in [-0.39, 0.29) is 5.91 Å². The van der Waals surface area contributed by atoms with E-state index in [9.17, 15) is 4.79 Å². The molecule has 17 heavy (non-hydrogen) atoms. The van der Waals surface area contributed by atoms with Gasteiger partial charge in [-0.15, -0.1) is 0 Å². The average molecular weight is 237 g/mol. The molecule has 0 bridgehead atoms. The highest BCUT2D eigenvalue weighted by Gasteiger charge is 1.99. The molecule has 1 heterocycles. The molecule has 0 fully saturated rings. The molecule has 0 unspecified atom stereocenters. The zero-order valence-corrected chi connectivity index (χ0v) is 10.3. The summed E-state index contributed by atoms with van der Waals surface area (Å²) in [5.41, 5.74) is 2.06. The first-order valence-electron chi connectivity index (χ1n) is 5.60. The average Bonchev–Trinajstić information content (AvgIpc) is 2.32. The van der Waals surface area contributed by atoms with Crippen LogP contribution in [0, 0.1) is 6.92 Å². The number of amides is 1. The predicted octanol–water partition coefficient (Wildman–Crippen LogP) is 0.242. The van der Waals surface area contributed by atoms with Gasteiger partial charge in [0.25, 0.3) is 0 Å². The Morgan fingerprint density at radius 2 is 2.29 bits per heavy atom. The molecule has 1 rings (SSSR count). The number of hydrogen-bond acceptors (Lipinski definition) is 4. The van der Waals surface area contributed by atoms with Crippen molar-refractivity contribution in [2.24, 2.45) is 0 Å². The third kappa shape index (κ3) is 5.99. The molecular weight excluding hydrogens is 218 g/mol. The van der Waals surface area contributed by atoms with E-state index in [1.54, 1.807) is 7.11 Å². The lowest BCUT2D eigenvalue weighted by molar-refractivity contribution is -0.120. The maximum absolute atomic E-state index is 11.3. The van der Waals surface area contributed by atoms with E-state index in [4.69, 9.17) is 4.74 Å². The lowest BCUT2D eigenvalue weighted by atomic mass is 10.2. The van der Waals surface area contributed by atoms with Crippen LogP contribution >= 0.6 is 0 Å². The van der Waals surface area contributed by atoms with Gasteiger partial charge in [-0.25, -0.2) is 0 Å². The molecule has 0 atom stereocenters. The van der Waals surface area contributed by atoms with Crippen LogP contribution in [0.1, 0.15) is 11.3 Å². The van der Waals surface area contributed by atoms with Crippen LogP contribution in [-0.4, -0.2) is 37.7 Å². The number of hydrogen-bond donors (Lipinski definition) is 2. The van der Waals surface area contributed by atoms with E-state index >= 15 is 0 Å². The second-order valence-corrected chi connectivity index (χ2v) is 3.75.